The van der Waals surface area contributed by atoms with Crippen molar-refractivity contribution in [3.05, 3.63) is 89.2 Å². The number of likely N-dealkylation sites (tertiary alicyclic amines) is 2. The molecule has 3 aliphatic heterocycles. The van der Waals surface area contributed by atoms with Gasteiger partial charge in [0.15, 0.2) is 0 Å². The Morgan fingerprint density at radius 2 is 1.68 bits per heavy atom. The Bertz CT molecular complexity index is 1390. The SMILES string of the molecule is CC1(C)Cc2cccc(CN3CCC4(CC3)CCN(C(=O)c3ccccc3NC(=O)c3cccnc3)CC4)c2O1. The normalized spacial score (nSPS) is 19.6. The minimum Gasteiger partial charge on any atom is -0.487 e. The van der Waals surface area contributed by atoms with Crippen molar-refractivity contribution in [3.63, 3.8) is 0 Å². The molecule has 2 fully saturated rings. The first-order valence-corrected chi connectivity index (χ1v) is 14.4. The zero-order valence-electron chi connectivity index (χ0n) is 23.5. The Labute approximate surface area is 236 Å². The van der Waals surface area contributed by atoms with E-state index in [9.17, 15) is 9.59 Å². The molecule has 4 heterocycles. The van der Waals surface area contributed by atoms with Gasteiger partial charge in [-0.25, -0.2) is 0 Å². The first-order chi connectivity index (χ1) is 19.3. The van der Waals surface area contributed by atoms with Gasteiger partial charge in [0.2, 0.25) is 0 Å². The molecule has 6 rings (SSSR count). The molecule has 0 atom stereocenters. The van der Waals surface area contributed by atoms with Gasteiger partial charge in [0, 0.05) is 44.0 Å². The van der Waals surface area contributed by atoms with Crippen LogP contribution >= 0.6 is 0 Å². The average molecular weight is 539 g/mol. The molecular formula is C33H38N4O3. The summed E-state index contributed by atoms with van der Waals surface area (Å²) in [6.45, 7) is 8.90. The molecule has 0 aliphatic carbocycles. The topological polar surface area (TPSA) is 74.8 Å². The summed E-state index contributed by atoms with van der Waals surface area (Å²) in [5.74, 6) is 0.806. The lowest BCUT2D eigenvalue weighted by Crippen LogP contribution is -2.48. The summed E-state index contributed by atoms with van der Waals surface area (Å²) in [7, 11) is 0. The predicted octanol–water partition coefficient (Wildman–Crippen LogP) is 5.57. The molecule has 0 unspecified atom stereocenters. The lowest BCUT2D eigenvalue weighted by atomic mass is 9.71. The van der Waals surface area contributed by atoms with Gasteiger partial charge in [-0.3, -0.25) is 19.5 Å². The summed E-state index contributed by atoms with van der Waals surface area (Å²) in [5.41, 5.74) is 4.34. The van der Waals surface area contributed by atoms with Crippen LogP contribution in [0.1, 0.15) is 71.4 Å². The molecule has 2 aromatic carbocycles. The van der Waals surface area contributed by atoms with Gasteiger partial charge in [0.1, 0.15) is 11.4 Å². The highest BCUT2D eigenvalue weighted by Crippen LogP contribution is 2.43. The summed E-state index contributed by atoms with van der Waals surface area (Å²) in [4.78, 5) is 34.8. The molecule has 0 radical (unpaired) electrons. The van der Waals surface area contributed by atoms with Crippen LogP contribution < -0.4 is 10.1 Å². The number of carbonyl (C=O) groups is 2. The van der Waals surface area contributed by atoms with Gasteiger partial charge in [0.25, 0.3) is 11.8 Å². The van der Waals surface area contributed by atoms with Crippen molar-refractivity contribution >= 4 is 17.5 Å². The quantitative estimate of drug-likeness (QED) is 0.460. The van der Waals surface area contributed by atoms with Crippen LogP contribution in [-0.2, 0) is 13.0 Å². The number of carbonyl (C=O) groups excluding carboxylic acids is 2. The van der Waals surface area contributed by atoms with Crippen molar-refractivity contribution in [2.75, 3.05) is 31.5 Å². The van der Waals surface area contributed by atoms with Crippen LogP contribution in [0.15, 0.2) is 67.0 Å². The number of nitrogens with zero attached hydrogens (tertiary/aromatic N) is 3. The number of hydrogen-bond donors (Lipinski definition) is 1. The Hall–Kier alpha value is -3.71. The molecule has 1 N–H and O–H groups in total. The second-order valence-corrected chi connectivity index (χ2v) is 12.3. The van der Waals surface area contributed by atoms with Crippen LogP contribution in [0.5, 0.6) is 5.75 Å². The number of hydrogen-bond acceptors (Lipinski definition) is 5. The van der Waals surface area contributed by atoms with E-state index in [0.29, 0.717) is 22.2 Å². The van der Waals surface area contributed by atoms with Crippen molar-refractivity contribution in [3.8, 4) is 5.75 Å². The smallest absolute Gasteiger partial charge is 0.257 e. The lowest BCUT2D eigenvalue weighted by Gasteiger charge is -2.47. The maximum Gasteiger partial charge on any atom is 0.257 e. The third kappa shape index (κ3) is 5.48. The minimum atomic E-state index is -0.270. The summed E-state index contributed by atoms with van der Waals surface area (Å²) >= 11 is 0. The third-order valence-electron chi connectivity index (χ3n) is 8.92. The number of ether oxygens (including phenoxy) is 1. The van der Waals surface area contributed by atoms with Crippen LogP contribution in [-0.4, -0.2) is 58.4 Å². The maximum atomic E-state index is 13.5. The molecule has 40 heavy (non-hydrogen) atoms. The highest BCUT2D eigenvalue weighted by Gasteiger charge is 2.39. The number of anilines is 1. The van der Waals surface area contributed by atoms with Crippen molar-refractivity contribution < 1.29 is 14.3 Å². The van der Waals surface area contributed by atoms with Crippen molar-refractivity contribution in [1.29, 1.82) is 0 Å². The standard InChI is InChI=1S/C33H38N4O3/c1-32(2)21-24-7-5-8-26(29(24)40-32)23-36-17-12-33(13-18-36)14-19-37(20-15-33)31(39)27-10-3-4-11-28(27)35-30(38)25-9-6-16-34-22-25/h3-11,16,22H,12-15,17-21,23H2,1-2H3,(H,35,38). The van der Waals surface area contributed by atoms with Crippen LogP contribution in [0, 0.1) is 5.41 Å². The van der Waals surface area contributed by atoms with E-state index in [-0.39, 0.29) is 17.4 Å². The molecule has 3 aliphatic rings. The van der Waals surface area contributed by atoms with Gasteiger partial charge in [-0.1, -0.05) is 30.3 Å². The summed E-state index contributed by atoms with van der Waals surface area (Å²) < 4.78 is 6.31. The number of aromatic nitrogens is 1. The number of amides is 2. The van der Waals surface area contributed by atoms with Crippen molar-refractivity contribution in [1.82, 2.24) is 14.8 Å². The van der Waals surface area contributed by atoms with E-state index in [1.807, 2.05) is 17.0 Å². The number of piperidine rings is 2. The first-order valence-electron chi connectivity index (χ1n) is 14.4. The number of para-hydroxylation sites is 2. The maximum absolute atomic E-state index is 13.5. The molecule has 7 heteroatoms. The summed E-state index contributed by atoms with van der Waals surface area (Å²) in [6, 6.07) is 17.3. The number of nitrogens with one attached hydrogen (secondary N) is 1. The first kappa shape index (κ1) is 26.5. The van der Waals surface area contributed by atoms with Gasteiger partial charge in [-0.15, -0.1) is 0 Å². The van der Waals surface area contributed by atoms with E-state index in [2.05, 4.69) is 47.2 Å². The molecule has 0 bridgehead atoms. The monoisotopic (exact) mass is 538 g/mol. The molecule has 3 aromatic rings. The molecule has 208 valence electrons. The Balaban J connectivity index is 1.04. The van der Waals surface area contributed by atoms with E-state index in [0.717, 1.165) is 70.6 Å². The minimum absolute atomic E-state index is 0.0183. The highest BCUT2D eigenvalue weighted by atomic mass is 16.5. The highest BCUT2D eigenvalue weighted by molar-refractivity contribution is 6.08. The Kier molecular flexibility index (Phi) is 7.09. The van der Waals surface area contributed by atoms with Gasteiger partial charge in [-0.2, -0.15) is 0 Å². The summed E-state index contributed by atoms with van der Waals surface area (Å²) in [6.07, 6.45) is 8.49. The lowest BCUT2D eigenvalue weighted by molar-refractivity contribution is 0.0282. The fourth-order valence-corrected chi connectivity index (χ4v) is 6.55. The van der Waals surface area contributed by atoms with E-state index < -0.39 is 0 Å². The fourth-order valence-electron chi connectivity index (χ4n) is 6.55. The molecule has 2 saturated heterocycles. The largest absolute Gasteiger partial charge is 0.487 e. The molecule has 7 nitrogen and oxygen atoms in total. The molecular weight excluding hydrogens is 500 g/mol. The van der Waals surface area contributed by atoms with E-state index in [1.54, 1.807) is 30.5 Å². The number of benzene rings is 2. The van der Waals surface area contributed by atoms with Crippen LogP contribution in [0.4, 0.5) is 5.69 Å². The number of fused-ring (bicyclic) bond motifs is 1. The van der Waals surface area contributed by atoms with Gasteiger partial charge >= 0.3 is 0 Å². The van der Waals surface area contributed by atoms with E-state index >= 15 is 0 Å². The third-order valence-corrected chi connectivity index (χ3v) is 8.92. The number of pyridine rings is 1. The van der Waals surface area contributed by atoms with Crippen molar-refractivity contribution in [2.45, 2.75) is 58.1 Å². The second kappa shape index (κ2) is 10.7. The van der Waals surface area contributed by atoms with Gasteiger partial charge in [0.05, 0.1) is 16.8 Å². The van der Waals surface area contributed by atoms with Gasteiger partial charge < -0.3 is 15.0 Å². The van der Waals surface area contributed by atoms with E-state index in [1.165, 1.54) is 17.3 Å². The zero-order valence-corrected chi connectivity index (χ0v) is 23.5. The molecule has 1 spiro atoms. The van der Waals surface area contributed by atoms with Crippen LogP contribution in [0.3, 0.4) is 0 Å². The van der Waals surface area contributed by atoms with Crippen LogP contribution in [0.2, 0.25) is 0 Å². The molecule has 0 saturated carbocycles. The molecule has 2 amide bonds. The summed E-state index contributed by atoms with van der Waals surface area (Å²) in [5, 5.41) is 2.91. The Morgan fingerprint density at radius 1 is 0.925 bits per heavy atom. The average Bonchev–Trinajstić information content (AvgIpc) is 3.30. The molecule has 1 aromatic heterocycles. The van der Waals surface area contributed by atoms with Gasteiger partial charge in [-0.05, 0) is 87.9 Å². The Morgan fingerprint density at radius 3 is 2.42 bits per heavy atom. The zero-order chi connectivity index (χ0) is 27.7. The second-order valence-electron chi connectivity index (χ2n) is 12.3. The predicted molar refractivity (Wildman–Crippen MR) is 156 cm³/mol. The van der Waals surface area contributed by atoms with Crippen molar-refractivity contribution in [2.24, 2.45) is 5.41 Å². The van der Waals surface area contributed by atoms with Crippen LogP contribution in [0.25, 0.3) is 0 Å². The fraction of sp³-hybridized carbons (Fsp3) is 0.424. The number of rotatable bonds is 5. The van der Waals surface area contributed by atoms with E-state index in [4.69, 9.17) is 4.74 Å².